The molecule has 0 aliphatic heterocycles. The zero-order valence-electron chi connectivity index (χ0n) is 9.88. The largest absolute Gasteiger partial charge is 0.390 e. The molecule has 94 valence electrons. The number of thiophene rings is 1. The average molecular weight is 284 g/mol. The third-order valence-corrected chi connectivity index (χ3v) is 4.09. The first kappa shape index (κ1) is 13.1. The summed E-state index contributed by atoms with van der Waals surface area (Å²) >= 11 is 7.00. The van der Waals surface area contributed by atoms with Crippen molar-refractivity contribution in [2.75, 3.05) is 5.73 Å². The Balaban J connectivity index is 2.55. The van der Waals surface area contributed by atoms with E-state index >= 15 is 0 Å². The molecule has 2 N–H and O–H groups in total. The number of carbonyl (C=O) groups is 1. The van der Waals surface area contributed by atoms with Gasteiger partial charge in [-0.2, -0.15) is 0 Å². The van der Waals surface area contributed by atoms with Gasteiger partial charge in [-0.05, 0) is 37.6 Å². The second-order valence-corrected chi connectivity index (χ2v) is 5.67. The number of nitrogens with two attached hydrogens (primary N) is 1. The van der Waals surface area contributed by atoms with Gasteiger partial charge in [-0.15, -0.1) is 11.3 Å². The van der Waals surface area contributed by atoms with Gasteiger partial charge in [0.15, 0.2) is 5.78 Å². The molecule has 2 aromatic rings. The molecule has 18 heavy (non-hydrogen) atoms. The van der Waals surface area contributed by atoms with Gasteiger partial charge in [0.2, 0.25) is 0 Å². The van der Waals surface area contributed by atoms with Crippen molar-refractivity contribution >= 4 is 33.7 Å². The summed E-state index contributed by atoms with van der Waals surface area (Å²) in [4.78, 5) is 13.2. The van der Waals surface area contributed by atoms with Crippen molar-refractivity contribution in [2.45, 2.75) is 13.8 Å². The van der Waals surface area contributed by atoms with E-state index in [2.05, 4.69) is 0 Å². The lowest BCUT2D eigenvalue weighted by molar-refractivity contribution is 0.103. The van der Waals surface area contributed by atoms with Crippen molar-refractivity contribution in [3.8, 4) is 0 Å². The van der Waals surface area contributed by atoms with Gasteiger partial charge in [-0.1, -0.05) is 11.6 Å². The third-order valence-electron chi connectivity index (χ3n) is 2.82. The van der Waals surface area contributed by atoms with E-state index in [4.69, 9.17) is 17.3 Å². The number of anilines is 1. The monoisotopic (exact) mass is 283 g/mol. The zero-order valence-corrected chi connectivity index (χ0v) is 11.5. The second-order valence-electron chi connectivity index (χ2n) is 3.98. The van der Waals surface area contributed by atoms with Crippen molar-refractivity contribution in [2.24, 2.45) is 0 Å². The summed E-state index contributed by atoms with van der Waals surface area (Å²) in [6, 6.07) is 3.99. The Kier molecular flexibility index (Phi) is 3.41. The fourth-order valence-corrected chi connectivity index (χ4v) is 2.84. The normalized spacial score (nSPS) is 10.7. The number of ketones is 1. The maximum Gasteiger partial charge on any atom is 0.199 e. The molecule has 1 aromatic carbocycles. The first-order valence-electron chi connectivity index (χ1n) is 5.27. The molecule has 2 nitrogen and oxygen atoms in total. The number of hydrogen-bond donors (Lipinski definition) is 1. The van der Waals surface area contributed by atoms with Crippen LogP contribution in [0.15, 0.2) is 18.2 Å². The van der Waals surface area contributed by atoms with Crippen LogP contribution in [0.4, 0.5) is 9.39 Å². The number of halogens is 2. The summed E-state index contributed by atoms with van der Waals surface area (Å²) in [6.07, 6.45) is 0. The molecule has 1 heterocycles. The highest BCUT2D eigenvalue weighted by molar-refractivity contribution is 7.16. The summed E-state index contributed by atoms with van der Waals surface area (Å²) in [5.74, 6) is -1.03. The predicted molar refractivity (Wildman–Crippen MR) is 73.0 cm³/mol. The predicted octanol–water partition coefficient (Wildman–Crippen LogP) is 3.97. The maximum absolute atomic E-state index is 13.7. The molecule has 0 aliphatic carbocycles. The number of carbonyl (C=O) groups excluding carboxylic acids is 1. The van der Waals surface area contributed by atoms with Crippen LogP contribution >= 0.6 is 22.9 Å². The van der Waals surface area contributed by atoms with Gasteiger partial charge in [0.05, 0.1) is 16.1 Å². The van der Waals surface area contributed by atoms with Crippen LogP contribution in [-0.2, 0) is 0 Å². The highest BCUT2D eigenvalue weighted by atomic mass is 35.5. The van der Waals surface area contributed by atoms with Crippen LogP contribution in [0.2, 0.25) is 5.02 Å². The van der Waals surface area contributed by atoms with E-state index in [-0.39, 0.29) is 10.6 Å². The molecular weight excluding hydrogens is 273 g/mol. The fraction of sp³-hybridized carbons (Fsp3) is 0.154. The first-order chi connectivity index (χ1) is 8.41. The Labute approximate surface area is 113 Å². The van der Waals surface area contributed by atoms with E-state index in [1.54, 1.807) is 0 Å². The van der Waals surface area contributed by atoms with Gasteiger partial charge >= 0.3 is 0 Å². The highest BCUT2D eigenvalue weighted by Crippen LogP contribution is 2.32. The van der Waals surface area contributed by atoms with E-state index in [0.717, 1.165) is 16.5 Å². The Hall–Kier alpha value is -1.39. The van der Waals surface area contributed by atoms with Crippen molar-refractivity contribution < 1.29 is 9.18 Å². The van der Waals surface area contributed by atoms with Crippen molar-refractivity contribution in [1.29, 1.82) is 0 Å². The molecule has 5 heteroatoms. The van der Waals surface area contributed by atoms with Crippen LogP contribution in [-0.4, -0.2) is 5.78 Å². The van der Waals surface area contributed by atoms with Crippen molar-refractivity contribution in [3.05, 3.63) is 50.6 Å². The fourth-order valence-electron chi connectivity index (χ4n) is 1.74. The van der Waals surface area contributed by atoms with Crippen LogP contribution in [0.3, 0.4) is 0 Å². The van der Waals surface area contributed by atoms with Crippen LogP contribution in [0.1, 0.15) is 26.4 Å². The lowest BCUT2D eigenvalue weighted by Crippen LogP contribution is -2.07. The molecule has 0 amide bonds. The highest BCUT2D eigenvalue weighted by Gasteiger charge is 2.21. The minimum Gasteiger partial charge on any atom is -0.390 e. The van der Waals surface area contributed by atoms with Crippen molar-refractivity contribution in [3.63, 3.8) is 0 Å². The number of benzene rings is 1. The molecule has 1 aromatic heterocycles. The Morgan fingerprint density at radius 3 is 2.56 bits per heavy atom. The van der Waals surface area contributed by atoms with Gasteiger partial charge < -0.3 is 5.73 Å². The van der Waals surface area contributed by atoms with Gasteiger partial charge in [-0.25, -0.2) is 4.39 Å². The van der Waals surface area contributed by atoms with E-state index in [9.17, 15) is 9.18 Å². The topological polar surface area (TPSA) is 43.1 Å². The molecule has 0 unspecified atom stereocenters. The number of hydrogen-bond acceptors (Lipinski definition) is 3. The smallest absolute Gasteiger partial charge is 0.199 e. The summed E-state index contributed by atoms with van der Waals surface area (Å²) in [5.41, 5.74) is 6.99. The van der Waals surface area contributed by atoms with Gasteiger partial charge in [-0.3, -0.25) is 4.79 Å². The minimum absolute atomic E-state index is 0.00741. The summed E-state index contributed by atoms with van der Waals surface area (Å²) < 4.78 is 13.7. The molecule has 0 aliphatic rings. The average Bonchev–Trinajstić information content (AvgIpc) is 2.52. The van der Waals surface area contributed by atoms with Crippen LogP contribution in [0, 0.1) is 19.7 Å². The Morgan fingerprint density at radius 1 is 1.39 bits per heavy atom. The molecule has 0 fully saturated rings. The van der Waals surface area contributed by atoms with Gasteiger partial charge in [0, 0.05) is 9.90 Å². The molecule has 0 saturated heterocycles. The van der Waals surface area contributed by atoms with Gasteiger partial charge in [0.25, 0.3) is 0 Å². The lowest BCUT2D eigenvalue weighted by Gasteiger charge is -2.04. The standard InChI is InChI=1S/C13H11ClFNOS/c1-6-7(2)18-13(16)11(6)12(17)9-4-3-8(14)5-10(9)15/h3-5H,16H2,1-2H3. The Morgan fingerprint density at radius 2 is 2.06 bits per heavy atom. The SMILES string of the molecule is Cc1sc(N)c(C(=O)c2ccc(Cl)cc2F)c1C. The molecule has 0 spiro atoms. The van der Waals surface area contributed by atoms with Crippen LogP contribution < -0.4 is 5.73 Å². The van der Waals surface area contributed by atoms with E-state index in [1.165, 1.54) is 23.5 Å². The molecule has 0 radical (unpaired) electrons. The molecule has 0 atom stereocenters. The Bertz CT molecular complexity index is 636. The minimum atomic E-state index is -0.629. The van der Waals surface area contributed by atoms with Crippen molar-refractivity contribution in [1.82, 2.24) is 0 Å². The molecule has 2 rings (SSSR count). The zero-order chi connectivity index (χ0) is 13.4. The van der Waals surface area contributed by atoms with E-state index in [1.807, 2.05) is 13.8 Å². The number of rotatable bonds is 2. The third kappa shape index (κ3) is 2.13. The van der Waals surface area contributed by atoms with Crippen LogP contribution in [0.5, 0.6) is 0 Å². The molecular formula is C13H11ClFNOS. The first-order valence-corrected chi connectivity index (χ1v) is 6.46. The molecule has 0 bridgehead atoms. The summed E-state index contributed by atoms with van der Waals surface area (Å²) in [5, 5.41) is 0.680. The lowest BCUT2D eigenvalue weighted by atomic mass is 10.0. The quantitative estimate of drug-likeness (QED) is 0.848. The summed E-state index contributed by atoms with van der Waals surface area (Å²) in [6.45, 7) is 3.69. The van der Waals surface area contributed by atoms with E-state index < -0.39 is 11.6 Å². The second kappa shape index (κ2) is 4.71. The summed E-state index contributed by atoms with van der Waals surface area (Å²) in [7, 11) is 0. The maximum atomic E-state index is 13.7. The van der Waals surface area contributed by atoms with Gasteiger partial charge in [0.1, 0.15) is 5.82 Å². The number of nitrogen functional groups attached to an aromatic ring is 1. The molecule has 0 saturated carbocycles. The van der Waals surface area contributed by atoms with E-state index in [0.29, 0.717) is 10.6 Å². The number of aryl methyl sites for hydroxylation is 1. The van der Waals surface area contributed by atoms with Crippen LogP contribution in [0.25, 0.3) is 0 Å².